The Morgan fingerprint density at radius 2 is 1.00 bits per heavy atom. The van der Waals surface area contributed by atoms with Crippen molar-refractivity contribution >= 4 is 5.71 Å². The molecule has 0 N–H and O–H groups in total. The lowest BCUT2D eigenvalue weighted by Gasteiger charge is -2.51. The molecule has 1 saturated heterocycles. The van der Waals surface area contributed by atoms with Crippen LogP contribution in [0.1, 0.15) is 118 Å². The standard InChI is InChI=1S/C21H40N2/c1-20(2)17-14-18-21(3,4)23(20)22-19-15-12-10-8-6-5-7-9-11-13-16-19/h5-18H2,1-4H3. The van der Waals surface area contributed by atoms with Crippen molar-refractivity contribution in [3.8, 4) is 0 Å². The molecule has 2 rings (SSSR count). The monoisotopic (exact) mass is 320 g/mol. The van der Waals surface area contributed by atoms with Gasteiger partial charge in [-0.15, -0.1) is 0 Å². The molecule has 0 aromatic heterocycles. The van der Waals surface area contributed by atoms with Gasteiger partial charge in [0.25, 0.3) is 0 Å². The normalized spacial score (nSPS) is 27.0. The smallest absolute Gasteiger partial charge is 0.0529 e. The Bertz CT molecular complexity index is 351. The Hall–Kier alpha value is -0.530. The average Bonchev–Trinajstić information content (AvgIpc) is 2.44. The Labute approximate surface area is 145 Å². The fourth-order valence-corrected chi connectivity index (χ4v) is 4.52. The number of nitrogens with zero attached hydrogens (tertiary/aromatic N) is 2. The molecule has 134 valence electrons. The zero-order chi connectivity index (χ0) is 16.8. The first-order valence-electron chi connectivity index (χ1n) is 10.3. The second kappa shape index (κ2) is 8.53. The van der Waals surface area contributed by atoms with Crippen LogP contribution in [0.15, 0.2) is 5.10 Å². The molecule has 1 aliphatic heterocycles. The third kappa shape index (κ3) is 5.80. The van der Waals surface area contributed by atoms with Crippen LogP contribution in [-0.4, -0.2) is 21.8 Å². The van der Waals surface area contributed by atoms with Gasteiger partial charge in [-0.3, -0.25) is 5.01 Å². The molecule has 2 heteroatoms. The molecule has 2 aliphatic rings. The van der Waals surface area contributed by atoms with Crippen LogP contribution in [-0.2, 0) is 0 Å². The third-order valence-electron chi connectivity index (χ3n) is 5.90. The summed E-state index contributed by atoms with van der Waals surface area (Å²) < 4.78 is 0. The average molecular weight is 321 g/mol. The number of hydrogen-bond donors (Lipinski definition) is 0. The van der Waals surface area contributed by atoms with Crippen LogP contribution in [0, 0.1) is 0 Å². The SMILES string of the molecule is CC1(C)CCCC(C)(C)N1N=C1CCCCCCCCCCC1. The summed E-state index contributed by atoms with van der Waals surface area (Å²) in [6.45, 7) is 9.53. The minimum atomic E-state index is 0.207. The summed E-state index contributed by atoms with van der Waals surface area (Å²) in [4.78, 5) is 0. The second-order valence-electron chi connectivity index (χ2n) is 9.14. The van der Waals surface area contributed by atoms with Gasteiger partial charge in [0.15, 0.2) is 0 Å². The molecule has 1 saturated carbocycles. The molecule has 0 aromatic rings. The van der Waals surface area contributed by atoms with Gasteiger partial charge in [-0.1, -0.05) is 44.9 Å². The molecule has 1 aliphatic carbocycles. The first kappa shape index (κ1) is 18.8. The summed E-state index contributed by atoms with van der Waals surface area (Å²) in [6.07, 6.45) is 19.0. The van der Waals surface area contributed by atoms with Gasteiger partial charge in [0.05, 0.1) is 11.1 Å². The second-order valence-corrected chi connectivity index (χ2v) is 9.14. The summed E-state index contributed by atoms with van der Waals surface area (Å²) in [5.74, 6) is 0. The van der Waals surface area contributed by atoms with Crippen molar-refractivity contribution in [2.75, 3.05) is 0 Å². The van der Waals surface area contributed by atoms with Crippen LogP contribution in [0.25, 0.3) is 0 Å². The maximum absolute atomic E-state index is 5.28. The maximum Gasteiger partial charge on any atom is 0.0529 e. The van der Waals surface area contributed by atoms with E-state index >= 15 is 0 Å². The van der Waals surface area contributed by atoms with Crippen molar-refractivity contribution < 1.29 is 0 Å². The van der Waals surface area contributed by atoms with Crippen molar-refractivity contribution in [2.45, 2.75) is 129 Å². The minimum Gasteiger partial charge on any atom is -0.286 e. The summed E-state index contributed by atoms with van der Waals surface area (Å²) in [5.41, 5.74) is 1.89. The van der Waals surface area contributed by atoms with E-state index in [9.17, 15) is 0 Å². The van der Waals surface area contributed by atoms with Crippen molar-refractivity contribution in [2.24, 2.45) is 5.10 Å². The Kier molecular flexibility index (Phi) is 6.98. The lowest BCUT2D eigenvalue weighted by molar-refractivity contribution is -0.0251. The van der Waals surface area contributed by atoms with Crippen molar-refractivity contribution in [1.29, 1.82) is 0 Å². The molecule has 0 radical (unpaired) electrons. The summed E-state index contributed by atoms with van der Waals surface area (Å²) in [7, 11) is 0. The van der Waals surface area contributed by atoms with Gasteiger partial charge in [0.1, 0.15) is 0 Å². The molecule has 0 spiro atoms. The van der Waals surface area contributed by atoms with E-state index in [-0.39, 0.29) is 11.1 Å². The van der Waals surface area contributed by atoms with Gasteiger partial charge in [-0.2, -0.15) is 5.10 Å². The fourth-order valence-electron chi connectivity index (χ4n) is 4.52. The molecule has 23 heavy (non-hydrogen) atoms. The van der Waals surface area contributed by atoms with Crippen LogP contribution in [0.2, 0.25) is 0 Å². The number of piperidine rings is 1. The van der Waals surface area contributed by atoms with E-state index in [1.54, 1.807) is 0 Å². The summed E-state index contributed by atoms with van der Waals surface area (Å²) in [5, 5.41) is 7.76. The van der Waals surface area contributed by atoms with Crippen molar-refractivity contribution in [3.63, 3.8) is 0 Å². The third-order valence-corrected chi connectivity index (χ3v) is 5.90. The summed E-state index contributed by atoms with van der Waals surface area (Å²) >= 11 is 0. The van der Waals surface area contributed by atoms with E-state index in [2.05, 4.69) is 32.7 Å². The predicted molar refractivity (Wildman–Crippen MR) is 102 cm³/mol. The van der Waals surface area contributed by atoms with Gasteiger partial charge in [-0.05, 0) is 72.6 Å². The lowest BCUT2D eigenvalue weighted by atomic mass is 9.82. The van der Waals surface area contributed by atoms with Crippen LogP contribution in [0.3, 0.4) is 0 Å². The predicted octanol–water partition coefficient (Wildman–Crippen LogP) is 6.69. The molecular weight excluding hydrogens is 280 g/mol. The largest absolute Gasteiger partial charge is 0.286 e. The van der Waals surface area contributed by atoms with Crippen LogP contribution in [0.4, 0.5) is 0 Å². The molecular formula is C21H40N2. The Balaban J connectivity index is 2.07. The molecule has 2 fully saturated rings. The molecule has 0 unspecified atom stereocenters. The van der Waals surface area contributed by atoms with E-state index in [1.165, 1.54) is 95.6 Å². The van der Waals surface area contributed by atoms with Gasteiger partial charge in [0.2, 0.25) is 0 Å². The topological polar surface area (TPSA) is 15.6 Å². The van der Waals surface area contributed by atoms with E-state index in [0.717, 1.165) is 0 Å². The van der Waals surface area contributed by atoms with E-state index in [0.29, 0.717) is 0 Å². The molecule has 0 atom stereocenters. The maximum atomic E-state index is 5.28. The van der Waals surface area contributed by atoms with Crippen LogP contribution >= 0.6 is 0 Å². The fraction of sp³-hybridized carbons (Fsp3) is 0.952. The highest BCUT2D eigenvalue weighted by Gasteiger charge is 2.40. The van der Waals surface area contributed by atoms with Crippen LogP contribution < -0.4 is 0 Å². The Morgan fingerprint density at radius 3 is 1.43 bits per heavy atom. The molecule has 0 aromatic carbocycles. The van der Waals surface area contributed by atoms with Crippen molar-refractivity contribution in [1.82, 2.24) is 5.01 Å². The zero-order valence-corrected chi connectivity index (χ0v) is 16.3. The highest BCUT2D eigenvalue weighted by molar-refractivity contribution is 5.84. The molecule has 0 amide bonds. The van der Waals surface area contributed by atoms with Crippen molar-refractivity contribution in [3.05, 3.63) is 0 Å². The lowest BCUT2D eigenvalue weighted by Crippen LogP contribution is -2.55. The highest BCUT2D eigenvalue weighted by Crippen LogP contribution is 2.38. The van der Waals surface area contributed by atoms with E-state index in [1.807, 2.05) is 0 Å². The van der Waals surface area contributed by atoms with Gasteiger partial charge >= 0.3 is 0 Å². The molecule has 1 heterocycles. The molecule has 2 nitrogen and oxygen atoms in total. The van der Waals surface area contributed by atoms with E-state index in [4.69, 9.17) is 5.10 Å². The Morgan fingerprint density at radius 1 is 0.609 bits per heavy atom. The number of hydrogen-bond acceptors (Lipinski definition) is 2. The molecule has 0 bridgehead atoms. The number of hydrazone groups is 1. The van der Waals surface area contributed by atoms with E-state index < -0.39 is 0 Å². The highest BCUT2D eigenvalue weighted by atomic mass is 15.5. The van der Waals surface area contributed by atoms with Gasteiger partial charge < -0.3 is 0 Å². The zero-order valence-electron chi connectivity index (χ0n) is 16.3. The van der Waals surface area contributed by atoms with Gasteiger partial charge in [0, 0.05) is 5.71 Å². The summed E-state index contributed by atoms with van der Waals surface area (Å²) in [6, 6.07) is 0. The first-order chi connectivity index (χ1) is 10.9. The first-order valence-corrected chi connectivity index (χ1v) is 10.3. The number of rotatable bonds is 1. The van der Waals surface area contributed by atoms with Crippen LogP contribution in [0.5, 0.6) is 0 Å². The van der Waals surface area contributed by atoms with Gasteiger partial charge in [-0.25, -0.2) is 0 Å². The minimum absolute atomic E-state index is 0.207. The quantitative estimate of drug-likeness (QED) is 0.525.